The maximum Gasteiger partial charge on any atom is 0.258 e. The summed E-state index contributed by atoms with van der Waals surface area (Å²) in [5, 5.41) is 4.67. The van der Waals surface area contributed by atoms with Crippen LogP contribution in [0.15, 0.2) is 71.1 Å². The first-order valence-electron chi connectivity index (χ1n) is 14.3. The Morgan fingerprint density at radius 3 is 2.57 bits per heavy atom. The van der Waals surface area contributed by atoms with Crippen LogP contribution < -0.4 is 20.1 Å². The second kappa shape index (κ2) is 12.5. The van der Waals surface area contributed by atoms with Crippen LogP contribution in [0.5, 0.6) is 5.75 Å². The standard InChI is InChI=1S/C32H37N5O4S/c1-5-37-26-12-11-24(21-27(26)34(4)30(39)32(2,3)31(37)40)41-19-8-15-35(22-28-33-14-20-42-28)17-18-36-16-13-23-9-6-7-10-25(23)29(36)38/h6-7,9-14,16,20-21H,5,8,15,17-19,22H2,1-4H3. The van der Waals surface area contributed by atoms with E-state index in [1.807, 2.05) is 73.2 Å². The molecule has 220 valence electrons. The van der Waals surface area contributed by atoms with Crippen molar-refractivity contribution in [3.63, 3.8) is 0 Å². The minimum absolute atomic E-state index is 0.0176. The van der Waals surface area contributed by atoms with E-state index in [9.17, 15) is 14.4 Å². The largest absolute Gasteiger partial charge is 0.493 e. The second-order valence-electron chi connectivity index (χ2n) is 11.0. The molecule has 0 spiro atoms. The lowest BCUT2D eigenvalue weighted by atomic mass is 9.90. The van der Waals surface area contributed by atoms with Crippen molar-refractivity contribution >= 4 is 45.3 Å². The van der Waals surface area contributed by atoms with Crippen LogP contribution in [0.4, 0.5) is 11.4 Å². The Labute approximate surface area is 249 Å². The lowest BCUT2D eigenvalue weighted by molar-refractivity contribution is -0.137. The number of benzene rings is 2. The monoisotopic (exact) mass is 587 g/mol. The lowest BCUT2D eigenvalue weighted by Crippen LogP contribution is -2.47. The number of thiazole rings is 1. The van der Waals surface area contributed by atoms with E-state index in [4.69, 9.17) is 4.74 Å². The van der Waals surface area contributed by atoms with E-state index in [0.717, 1.165) is 28.7 Å². The van der Waals surface area contributed by atoms with Crippen molar-refractivity contribution in [1.29, 1.82) is 0 Å². The van der Waals surface area contributed by atoms with E-state index < -0.39 is 5.41 Å². The molecular formula is C32H37N5O4S. The molecule has 0 bridgehead atoms. The van der Waals surface area contributed by atoms with Crippen LogP contribution in [-0.2, 0) is 22.7 Å². The average molecular weight is 588 g/mol. The highest BCUT2D eigenvalue weighted by atomic mass is 32.1. The van der Waals surface area contributed by atoms with Crippen LogP contribution in [0.1, 0.15) is 32.2 Å². The quantitative estimate of drug-likeness (QED) is 0.185. The molecule has 2 aromatic heterocycles. The molecule has 5 rings (SSSR count). The molecule has 0 aliphatic carbocycles. The van der Waals surface area contributed by atoms with E-state index in [1.165, 1.54) is 0 Å². The van der Waals surface area contributed by atoms with Crippen LogP contribution in [0.25, 0.3) is 10.8 Å². The van der Waals surface area contributed by atoms with Gasteiger partial charge in [0.15, 0.2) is 0 Å². The molecule has 2 aromatic carbocycles. The zero-order valence-electron chi connectivity index (χ0n) is 24.6. The fourth-order valence-corrected chi connectivity index (χ4v) is 6.05. The number of carbonyl (C=O) groups excluding carboxylic acids is 2. The average Bonchev–Trinajstić information content (AvgIpc) is 3.50. The summed E-state index contributed by atoms with van der Waals surface area (Å²) in [4.78, 5) is 49.2. The highest BCUT2D eigenvalue weighted by Gasteiger charge is 2.45. The summed E-state index contributed by atoms with van der Waals surface area (Å²) < 4.78 is 7.89. The summed E-state index contributed by atoms with van der Waals surface area (Å²) in [5.74, 6) is 0.191. The number of rotatable bonds is 11. The van der Waals surface area contributed by atoms with Crippen molar-refractivity contribution in [2.24, 2.45) is 5.41 Å². The molecule has 0 radical (unpaired) electrons. The molecule has 9 nitrogen and oxygen atoms in total. The zero-order chi connectivity index (χ0) is 29.9. The van der Waals surface area contributed by atoms with Gasteiger partial charge in [-0.3, -0.25) is 19.3 Å². The van der Waals surface area contributed by atoms with E-state index in [1.54, 1.807) is 46.6 Å². The Morgan fingerprint density at radius 2 is 1.81 bits per heavy atom. The van der Waals surface area contributed by atoms with Crippen molar-refractivity contribution in [1.82, 2.24) is 14.5 Å². The first kappa shape index (κ1) is 29.5. The number of nitrogens with zero attached hydrogens (tertiary/aromatic N) is 5. The number of carbonyl (C=O) groups is 2. The molecule has 0 saturated heterocycles. The third-order valence-electron chi connectivity index (χ3n) is 7.81. The number of anilines is 2. The Morgan fingerprint density at radius 1 is 1.00 bits per heavy atom. The molecule has 0 unspecified atom stereocenters. The van der Waals surface area contributed by atoms with Gasteiger partial charge >= 0.3 is 0 Å². The molecule has 3 heterocycles. The maximum absolute atomic E-state index is 13.1. The molecular weight excluding hydrogens is 550 g/mol. The van der Waals surface area contributed by atoms with Crippen LogP contribution in [-0.4, -0.2) is 59.6 Å². The van der Waals surface area contributed by atoms with Crippen LogP contribution in [0.2, 0.25) is 0 Å². The minimum Gasteiger partial charge on any atom is -0.493 e. The molecule has 0 fully saturated rings. The van der Waals surface area contributed by atoms with Crippen molar-refractivity contribution < 1.29 is 14.3 Å². The minimum atomic E-state index is -1.15. The summed E-state index contributed by atoms with van der Waals surface area (Å²) in [6.45, 7) is 8.93. The number of pyridine rings is 1. The Balaban J connectivity index is 1.24. The summed E-state index contributed by atoms with van der Waals surface area (Å²) in [6.07, 6.45) is 4.43. The van der Waals surface area contributed by atoms with Gasteiger partial charge in [0.05, 0.1) is 24.5 Å². The number of hydrogen-bond donors (Lipinski definition) is 0. The lowest BCUT2D eigenvalue weighted by Gasteiger charge is -2.27. The van der Waals surface area contributed by atoms with Gasteiger partial charge in [-0.2, -0.15) is 0 Å². The summed E-state index contributed by atoms with van der Waals surface area (Å²) in [5.41, 5.74) is 0.229. The fraction of sp³-hybridized carbons (Fsp3) is 0.375. The van der Waals surface area contributed by atoms with Crippen LogP contribution in [0, 0.1) is 5.41 Å². The molecule has 10 heteroatoms. The number of hydrogen-bond acceptors (Lipinski definition) is 7. The molecule has 1 aliphatic heterocycles. The molecule has 42 heavy (non-hydrogen) atoms. The van der Waals surface area contributed by atoms with Crippen molar-refractivity contribution in [2.75, 3.05) is 43.1 Å². The van der Waals surface area contributed by atoms with E-state index in [-0.39, 0.29) is 17.4 Å². The van der Waals surface area contributed by atoms with Gasteiger partial charge in [0.1, 0.15) is 16.2 Å². The molecule has 0 atom stereocenters. The number of amides is 2. The number of fused-ring (bicyclic) bond motifs is 2. The normalized spacial score (nSPS) is 14.9. The first-order chi connectivity index (χ1) is 20.2. The number of ether oxygens (including phenoxy) is 1. The van der Waals surface area contributed by atoms with Crippen LogP contribution in [0.3, 0.4) is 0 Å². The van der Waals surface area contributed by atoms with Gasteiger partial charge in [-0.1, -0.05) is 18.2 Å². The first-order valence-corrected chi connectivity index (χ1v) is 15.1. The van der Waals surface area contributed by atoms with Gasteiger partial charge in [-0.25, -0.2) is 4.98 Å². The van der Waals surface area contributed by atoms with Crippen molar-refractivity contribution in [3.8, 4) is 5.75 Å². The molecule has 1 aliphatic rings. The highest BCUT2D eigenvalue weighted by Crippen LogP contribution is 2.40. The van der Waals surface area contributed by atoms with Crippen molar-refractivity contribution in [2.45, 2.75) is 40.3 Å². The zero-order valence-corrected chi connectivity index (χ0v) is 25.4. The maximum atomic E-state index is 13.1. The summed E-state index contributed by atoms with van der Waals surface area (Å²) >= 11 is 1.62. The van der Waals surface area contributed by atoms with Crippen LogP contribution >= 0.6 is 11.3 Å². The summed E-state index contributed by atoms with van der Waals surface area (Å²) in [7, 11) is 1.70. The Kier molecular flexibility index (Phi) is 8.74. The fourth-order valence-electron chi connectivity index (χ4n) is 5.40. The van der Waals surface area contributed by atoms with Gasteiger partial charge < -0.3 is 19.1 Å². The van der Waals surface area contributed by atoms with E-state index >= 15 is 0 Å². The third kappa shape index (κ3) is 5.96. The summed E-state index contributed by atoms with van der Waals surface area (Å²) in [6, 6.07) is 15.2. The molecule has 0 N–H and O–H groups in total. The molecule has 0 saturated carbocycles. The van der Waals surface area contributed by atoms with Crippen molar-refractivity contribution in [3.05, 3.63) is 81.7 Å². The van der Waals surface area contributed by atoms with Gasteiger partial charge in [-0.15, -0.1) is 11.3 Å². The van der Waals surface area contributed by atoms with Gasteiger partial charge in [0.2, 0.25) is 11.8 Å². The predicted molar refractivity (Wildman–Crippen MR) is 167 cm³/mol. The van der Waals surface area contributed by atoms with Gasteiger partial charge in [0.25, 0.3) is 5.56 Å². The molecule has 4 aromatic rings. The highest BCUT2D eigenvalue weighted by molar-refractivity contribution is 7.09. The second-order valence-corrected chi connectivity index (χ2v) is 12.0. The third-order valence-corrected chi connectivity index (χ3v) is 8.57. The topological polar surface area (TPSA) is 88.0 Å². The SMILES string of the molecule is CCN1C(=O)C(C)(C)C(=O)N(C)c2cc(OCCCN(CCn3ccc4ccccc4c3=O)Cc3nccs3)ccc21. The molecule has 2 amide bonds. The smallest absolute Gasteiger partial charge is 0.258 e. The van der Waals surface area contributed by atoms with E-state index in [0.29, 0.717) is 49.9 Å². The Hall–Kier alpha value is -4.02. The van der Waals surface area contributed by atoms with Gasteiger partial charge in [0, 0.05) is 62.5 Å². The Bertz CT molecular complexity index is 1630. The predicted octanol–water partition coefficient (Wildman–Crippen LogP) is 4.78. The van der Waals surface area contributed by atoms with E-state index in [2.05, 4.69) is 9.88 Å². The number of aromatic nitrogens is 2. The van der Waals surface area contributed by atoms with Gasteiger partial charge in [-0.05, 0) is 56.8 Å².